The molecule has 0 saturated heterocycles. The topological polar surface area (TPSA) is 110 Å². The lowest BCUT2D eigenvalue weighted by Gasteiger charge is -2.06. The number of nitriles is 1. The lowest BCUT2D eigenvalue weighted by Crippen LogP contribution is -2.19. The van der Waals surface area contributed by atoms with Gasteiger partial charge in [-0.05, 0) is 18.2 Å². The number of carbonyl (C=O) groups is 1. The zero-order chi connectivity index (χ0) is 13.8. The van der Waals surface area contributed by atoms with Crippen LogP contribution in [0.25, 0.3) is 0 Å². The Hall–Kier alpha value is -2.95. The molecule has 0 saturated carbocycles. The minimum Gasteiger partial charge on any atom is -0.399 e. The molecule has 0 aliphatic carbocycles. The molecule has 2 aromatic rings. The summed E-state index contributed by atoms with van der Waals surface area (Å²) in [7, 11) is 0. The zero-order valence-corrected chi connectivity index (χ0v) is 9.67. The standard InChI is InChI=1S/C11H9FN6O/c12-8-2-1-7(14)3-9(8)16-11(19)5-18-6-15-10(4-13)17-18/h1-3,6H,5,14H2,(H,16,19). The molecule has 1 aromatic carbocycles. The zero-order valence-electron chi connectivity index (χ0n) is 9.67. The van der Waals surface area contributed by atoms with Crippen LogP contribution >= 0.6 is 0 Å². The summed E-state index contributed by atoms with van der Waals surface area (Å²) in [4.78, 5) is 15.3. The minimum atomic E-state index is -0.584. The summed E-state index contributed by atoms with van der Waals surface area (Å²) in [5.74, 6) is -1.12. The van der Waals surface area contributed by atoms with Crippen LogP contribution in [0.3, 0.4) is 0 Å². The Balaban J connectivity index is 2.05. The first-order chi connectivity index (χ1) is 9.08. The predicted octanol–water partition coefficient (Wildman–Crippen LogP) is 0.510. The number of aromatic nitrogens is 3. The summed E-state index contributed by atoms with van der Waals surface area (Å²) in [5.41, 5.74) is 5.82. The van der Waals surface area contributed by atoms with Gasteiger partial charge >= 0.3 is 0 Å². The average molecular weight is 260 g/mol. The van der Waals surface area contributed by atoms with E-state index in [-0.39, 0.29) is 18.1 Å². The van der Waals surface area contributed by atoms with Crippen molar-refractivity contribution in [3.63, 3.8) is 0 Å². The number of carbonyl (C=O) groups excluding carboxylic acids is 1. The third kappa shape index (κ3) is 3.04. The molecular weight excluding hydrogens is 251 g/mol. The van der Waals surface area contributed by atoms with Gasteiger partial charge in [-0.2, -0.15) is 5.26 Å². The van der Waals surface area contributed by atoms with Gasteiger partial charge in [-0.3, -0.25) is 4.79 Å². The fraction of sp³-hybridized carbons (Fsp3) is 0.0909. The van der Waals surface area contributed by atoms with Crippen LogP contribution in [-0.2, 0) is 11.3 Å². The summed E-state index contributed by atoms with van der Waals surface area (Å²) in [5, 5.41) is 14.6. The van der Waals surface area contributed by atoms with Crippen LogP contribution in [0, 0.1) is 17.1 Å². The number of nitrogens with zero attached hydrogens (tertiary/aromatic N) is 4. The van der Waals surface area contributed by atoms with Crippen molar-refractivity contribution in [1.82, 2.24) is 14.8 Å². The van der Waals surface area contributed by atoms with Crippen LogP contribution in [-0.4, -0.2) is 20.7 Å². The van der Waals surface area contributed by atoms with Crippen LogP contribution in [0.4, 0.5) is 15.8 Å². The van der Waals surface area contributed by atoms with Gasteiger partial charge in [0.2, 0.25) is 5.91 Å². The van der Waals surface area contributed by atoms with Crippen molar-refractivity contribution in [2.24, 2.45) is 0 Å². The lowest BCUT2D eigenvalue weighted by atomic mass is 10.2. The molecule has 1 aromatic heterocycles. The molecule has 0 aliphatic heterocycles. The van der Waals surface area contributed by atoms with E-state index in [1.807, 2.05) is 0 Å². The van der Waals surface area contributed by atoms with E-state index >= 15 is 0 Å². The van der Waals surface area contributed by atoms with Crippen LogP contribution in [0.1, 0.15) is 5.82 Å². The second kappa shape index (κ2) is 5.14. The highest BCUT2D eigenvalue weighted by Gasteiger charge is 2.09. The lowest BCUT2D eigenvalue weighted by molar-refractivity contribution is -0.116. The maximum Gasteiger partial charge on any atom is 0.252 e. The highest BCUT2D eigenvalue weighted by molar-refractivity contribution is 5.91. The summed E-state index contributed by atoms with van der Waals surface area (Å²) in [6.07, 6.45) is 1.24. The van der Waals surface area contributed by atoms with Crippen LogP contribution in [0.15, 0.2) is 24.5 Å². The quantitative estimate of drug-likeness (QED) is 0.781. The Morgan fingerprint density at radius 2 is 2.37 bits per heavy atom. The number of anilines is 2. The molecule has 7 nitrogen and oxygen atoms in total. The number of amides is 1. The van der Waals surface area contributed by atoms with E-state index in [1.54, 1.807) is 6.07 Å². The largest absolute Gasteiger partial charge is 0.399 e. The Bertz CT molecular complexity index is 659. The first-order valence-electron chi connectivity index (χ1n) is 5.23. The van der Waals surface area contributed by atoms with Gasteiger partial charge < -0.3 is 11.1 Å². The fourth-order valence-corrected chi connectivity index (χ4v) is 1.40. The van der Waals surface area contributed by atoms with E-state index in [0.717, 1.165) is 6.07 Å². The second-order valence-corrected chi connectivity index (χ2v) is 3.67. The van der Waals surface area contributed by atoms with Crippen molar-refractivity contribution in [2.45, 2.75) is 6.54 Å². The normalized spacial score (nSPS) is 9.89. The van der Waals surface area contributed by atoms with E-state index in [0.29, 0.717) is 5.69 Å². The molecular formula is C11H9FN6O. The van der Waals surface area contributed by atoms with Crippen LogP contribution in [0.5, 0.6) is 0 Å². The van der Waals surface area contributed by atoms with Crippen molar-refractivity contribution < 1.29 is 9.18 Å². The molecule has 8 heteroatoms. The van der Waals surface area contributed by atoms with E-state index in [1.165, 1.54) is 23.1 Å². The van der Waals surface area contributed by atoms with Gasteiger partial charge in [0, 0.05) is 5.69 Å². The summed E-state index contributed by atoms with van der Waals surface area (Å²) in [6, 6.07) is 5.60. The van der Waals surface area contributed by atoms with Crippen molar-refractivity contribution in [2.75, 3.05) is 11.1 Å². The van der Waals surface area contributed by atoms with E-state index in [2.05, 4.69) is 15.4 Å². The molecule has 19 heavy (non-hydrogen) atoms. The molecule has 0 aliphatic rings. The molecule has 0 radical (unpaired) electrons. The molecule has 0 spiro atoms. The van der Waals surface area contributed by atoms with Gasteiger partial charge in [-0.1, -0.05) is 0 Å². The highest BCUT2D eigenvalue weighted by atomic mass is 19.1. The van der Waals surface area contributed by atoms with Crippen molar-refractivity contribution >= 4 is 17.3 Å². The third-order valence-corrected chi connectivity index (χ3v) is 2.21. The van der Waals surface area contributed by atoms with Gasteiger partial charge in [-0.15, -0.1) is 5.10 Å². The van der Waals surface area contributed by atoms with Gasteiger partial charge in [0.1, 0.15) is 24.8 Å². The number of benzene rings is 1. The van der Waals surface area contributed by atoms with Gasteiger partial charge in [0.25, 0.3) is 5.82 Å². The van der Waals surface area contributed by atoms with E-state index < -0.39 is 11.7 Å². The average Bonchev–Trinajstić information content (AvgIpc) is 2.81. The number of hydrogen-bond donors (Lipinski definition) is 2. The van der Waals surface area contributed by atoms with Crippen molar-refractivity contribution in [3.8, 4) is 6.07 Å². The molecule has 0 unspecified atom stereocenters. The molecule has 1 amide bonds. The molecule has 1 heterocycles. The SMILES string of the molecule is N#Cc1ncn(CC(=O)Nc2cc(N)ccc2F)n1. The summed E-state index contributed by atoms with van der Waals surface area (Å²) >= 11 is 0. The second-order valence-electron chi connectivity index (χ2n) is 3.67. The Morgan fingerprint density at radius 3 is 3.05 bits per heavy atom. The first-order valence-corrected chi connectivity index (χ1v) is 5.23. The van der Waals surface area contributed by atoms with E-state index in [4.69, 9.17) is 11.0 Å². The predicted molar refractivity (Wildman–Crippen MR) is 64.2 cm³/mol. The molecule has 3 N–H and O–H groups in total. The van der Waals surface area contributed by atoms with Gasteiger partial charge in [0.15, 0.2) is 0 Å². The van der Waals surface area contributed by atoms with Crippen molar-refractivity contribution in [1.29, 1.82) is 5.26 Å². The Kier molecular flexibility index (Phi) is 3.38. The summed E-state index contributed by atoms with van der Waals surface area (Å²) < 4.78 is 14.6. The monoisotopic (exact) mass is 260 g/mol. The maximum absolute atomic E-state index is 13.4. The Labute approximate surface area is 107 Å². The molecule has 0 bridgehead atoms. The number of hydrogen-bond acceptors (Lipinski definition) is 5. The minimum absolute atomic E-state index is 0.00868. The van der Waals surface area contributed by atoms with E-state index in [9.17, 15) is 9.18 Å². The maximum atomic E-state index is 13.4. The van der Waals surface area contributed by atoms with Gasteiger partial charge in [0.05, 0.1) is 5.69 Å². The van der Waals surface area contributed by atoms with Gasteiger partial charge in [-0.25, -0.2) is 14.1 Å². The number of nitrogens with one attached hydrogen (secondary N) is 1. The third-order valence-electron chi connectivity index (χ3n) is 2.21. The summed E-state index contributed by atoms with van der Waals surface area (Å²) in [6.45, 7) is -0.178. The molecule has 2 rings (SSSR count). The van der Waals surface area contributed by atoms with Crippen molar-refractivity contribution in [3.05, 3.63) is 36.2 Å². The Morgan fingerprint density at radius 1 is 1.58 bits per heavy atom. The highest BCUT2D eigenvalue weighted by Crippen LogP contribution is 2.17. The van der Waals surface area contributed by atoms with Crippen LogP contribution < -0.4 is 11.1 Å². The van der Waals surface area contributed by atoms with Crippen LogP contribution in [0.2, 0.25) is 0 Å². The number of nitrogen functional groups attached to an aromatic ring is 1. The molecule has 0 atom stereocenters. The number of halogens is 1. The number of nitrogens with two attached hydrogens (primary N) is 1. The fourth-order valence-electron chi connectivity index (χ4n) is 1.40. The smallest absolute Gasteiger partial charge is 0.252 e. The molecule has 96 valence electrons. The number of rotatable bonds is 3. The first kappa shape index (κ1) is 12.5. The molecule has 0 fully saturated rings.